The average Bonchev–Trinajstić information content (AvgIpc) is 2.60. The van der Waals surface area contributed by atoms with Crippen molar-refractivity contribution in [3.05, 3.63) is 35.9 Å². The van der Waals surface area contributed by atoms with E-state index in [0.29, 0.717) is 19.4 Å². The van der Waals surface area contributed by atoms with Crippen molar-refractivity contribution in [2.24, 2.45) is 5.92 Å². The molecule has 1 N–H and O–H groups in total. The summed E-state index contributed by atoms with van der Waals surface area (Å²) in [5, 5.41) is 0. The van der Waals surface area contributed by atoms with Crippen LogP contribution in [0.2, 0.25) is 0 Å². The lowest BCUT2D eigenvalue weighted by Crippen LogP contribution is -3.11. The molecule has 0 amide bonds. The highest BCUT2D eigenvalue weighted by atomic mass is 79.9. The van der Waals surface area contributed by atoms with Crippen LogP contribution in [0.25, 0.3) is 0 Å². The topological polar surface area (TPSA) is 57.0 Å². The smallest absolute Gasteiger partial charge is 0.320 e. The molecule has 25 heavy (non-hydrogen) atoms. The highest BCUT2D eigenvalue weighted by Gasteiger charge is 2.29. The van der Waals surface area contributed by atoms with E-state index in [1.54, 1.807) is 6.92 Å². The summed E-state index contributed by atoms with van der Waals surface area (Å²) in [6, 6.07) is 9.80. The van der Waals surface area contributed by atoms with E-state index in [-0.39, 0.29) is 23.6 Å². The van der Waals surface area contributed by atoms with Gasteiger partial charge in [-0.3, -0.25) is 9.59 Å². The highest BCUT2D eigenvalue weighted by molar-refractivity contribution is 5.94. The summed E-state index contributed by atoms with van der Waals surface area (Å²) in [7, 11) is 0. The number of carbonyl (C=O) groups excluding carboxylic acids is 2. The summed E-state index contributed by atoms with van der Waals surface area (Å²) in [6.07, 6.45) is 1.04. The summed E-state index contributed by atoms with van der Waals surface area (Å²) in [4.78, 5) is 25.8. The van der Waals surface area contributed by atoms with Gasteiger partial charge in [-0.25, -0.2) is 0 Å². The Morgan fingerprint density at radius 3 is 2.16 bits per heavy atom. The Labute approximate surface area is 161 Å². The van der Waals surface area contributed by atoms with Gasteiger partial charge in [-0.15, -0.1) is 0 Å². The maximum Gasteiger partial charge on any atom is 0.320 e. The molecule has 1 unspecified atom stereocenters. The fourth-order valence-electron chi connectivity index (χ4n) is 2.53. The molecule has 6 heteroatoms. The standard InChI is InChI=1S/C19H29NO4.BrH/c1-4-20(5-2)14-15-24-19(22)17(18(21)23-6-3)13-12-16-10-8-7-9-11-16;/h7-11,17H,4-6,12-15H2,1-3H3;1H. The monoisotopic (exact) mass is 415 g/mol. The Hall–Kier alpha value is -1.40. The van der Waals surface area contributed by atoms with Crippen molar-refractivity contribution < 1.29 is 40.9 Å². The van der Waals surface area contributed by atoms with E-state index >= 15 is 0 Å². The van der Waals surface area contributed by atoms with Crippen LogP contribution in [0.3, 0.4) is 0 Å². The molecule has 5 nitrogen and oxygen atoms in total. The molecule has 1 atom stereocenters. The van der Waals surface area contributed by atoms with Crippen molar-refractivity contribution in [2.45, 2.75) is 33.6 Å². The molecule has 142 valence electrons. The minimum Gasteiger partial charge on any atom is -1.00 e. The highest BCUT2D eigenvalue weighted by Crippen LogP contribution is 2.13. The SMILES string of the molecule is CCOC(=O)C(CCc1ccccc1)C(=O)OCC[NH+](CC)CC.[Br-]. The van der Waals surface area contributed by atoms with Gasteiger partial charge in [-0.05, 0) is 39.2 Å². The number of carbonyl (C=O) groups is 2. The summed E-state index contributed by atoms with van der Waals surface area (Å²) >= 11 is 0. The third kappa shape index (κ3) is 9.02. The van der Waals surface area contributed by atoms with Gasteiger partial charge in [-0.2, -0.15) is 0 Å². The Kier molecular flexibility index (Phi) is 13.1. The van der Waals surface area contributed by atoms with Gasteiger partial charge < -0.3 is 31.4 Å². The van der Waals surface area contributed by atoms with Gasteiger partial charge in [0.1, 0.15) is 13.2 Å². The van der Waals surface area contributed by atoms with Crippen molar-refractivity contribution in [1.29, 1.82) is 0 Å². The molecule has 1 aromatic carbocycles. The predicted octanol–water partition coefficient (Wildman–Crippen LogP) is -1.73. The molecule has 0 bridgehead atoms. The van der Waals surface area contributed by atoms with Crippen molar-refractivity contribution in [3.8, 4) is 0 Å². The first-order valence-corrected chi connectivity index (χ1v) is 8.83. The van der Waals surface area contributed by atoms with E-state index in [1.165, 1.54) is 4.90 Å². The van der Waals surface area contributed by atoms with Gasteiger partial charge in [0, 0.05) is 0 Å². The number of hydrogen-bond donors (Lipinski definition) is 1. The normalized spacial score (nSPS) is 11.5. The van der Waals surface area contributed by atoms with Crippen molar-refractivity contribution in [2.75, 3.05) is 32.8 Å². The van der Waals surface area contributed by atoms with E-state index < -0.39 is 17.9 Å². The van der Waals surface area contributed by atoms with E-state index in [0.717, 1.165) is 25.2 Å². The molecular weight excluding hydrogens is 386 g/mol. The van der Waals surface area contributed by atoms with Gasteiger partial charge in [0.25, 0.3) is 0 Å². The number of rotatable bonds is 11. The van der Waals surface area contributed by atoms with Crippen molar-refractivity contribution in [1.82, 2.24) is 0 Å². The number of halogens is 1. The Bertz CT molecular complexity index is 491. The second kappa shape index (κ2) is 13.8. The number of esters is 2. The maximum atomic E-state index is 12.3. The number of benzene rings is 1. The van der Waals surface area contributed by atoms with E-state index in [2.05, 4.69) is 13.8 Å². The molecule has 0 heterocycles. The van der Waals surface area contributed by atoms with Crippen LogP contribution in [0.5, 0.6) is 0 Å². The molecule has 1 aromatic rings. The molecule has 0 aromatic heterocycles. The quantitative estimate of drug-likeness (QED) is 0.344. The van der Waals surface area contributed by atoms with Crippen LogP contribution in [-0.4, -0.2) is 44.8 Å². The molecule has 0 saturated carbocycles. The summed E-state index contributed by atoms with van der Waals surface area (Å²) in [6.45, 7) is 9.26. The van der Waals surface area contributed by atoms with Gasteiger partial charge in [-0.1, -0.05) is 30.3 Å². The lowest BCUT2D eigenvalue weighted by Gasteiger charge is -2.17. The lowest BCUT2D eigenvalue weighted by molar-refractivity contribution is -0.896. The molecule has 0 aliphatic rings. The van der Waals surface area contributed by atoms with Crippen molar-refractivity contribution in [3.63, 3.8) is 0 Å². The molecule has 0 spiro atoms. The summed E-state index contributed by atoms with van der Waals surface area (Å²) < 4.78 is 10.4. The fraction of sp³-hybridized carbons (Fsp3) is 0.579. The first kappa shape index (κ1) is 23.6. The molecule has 0 fully saturated rings. The summed E-state index contributed by atoms with van der Waals surface area (Å²) in [5.74, 6) is -1.82. The molecule has 0 saturated heterocycles. The first-order chi connectivity index (χ1) is 11.6. The zero-order valence-electron chi connectivity index (χ0n) is 15.4. The number of likely N-dealkylation sites (N-methyl/N-ethyl adjacent to an activating group) is 1. The minimum atomic E-state index is -0.850. The molecular formula is C19H30BrNO4. The summed E-state index contributed by atoms with van der Waals surface area (Å²) in [5.41, 5.74) is 1.09. The van der Waals surface area contributed by atoms with E-state index in [4.69, 9.17) is 9.47 Å². The zero-order chi connectivity index (χ0) is 17.8. The Morgan fingerprint density at radius 2 is 1.60 bits per heavy atom. The second-order valence-electron chi connectivity index (χ2n) is 5.70. The van der Waals surface area contributed by atoms with Crippen LogP contribution in [0.15, 0.2) is 30.3 Å². The molecule has 1 rings (SSSR count). The second-order valence-corrected chi connectivity index (χ2v) is 5.70. The predicted molar refractivity (Wildman–Crippen MR) is 92.8 cm³/mol. The third-order valence-corrected chi connectivity index (χ3v) is 4.12. The van der Waals surface area contributed by atoms with Gasteiger partial charge in [0.2, 0.25) is 0 Å². The number of nitrogens with one attached hydrogen (secondary N) is 1. The molecule has 0 radical (unpaired) electrons. The largest absolute Gasteiger partial charge is 1.00 e. The van der Waals surface area contributed by atoms with Crippen LogP contribution in [0, 0.1) is 5.92 Å². The Balaban J connectivity index is 0.00000576. The first-order valence-electron chi connectivity index (χ1n) is 8.83. The van der Waals surface area contributed by atoms with Crippen LogP contribution in [0.1, 0.15) is 32.8 Å². The van der Waals surface area contributed by atoms with E-state index in [9.17, 15) is 9.59 Å². The fourth-order valence-corrected chi connectivity index (χ4v) is 2.53. The number of quaternary nitrogens is 1. The molecule has 0 aliphatic heterocycles. The van der Waals surface area contributed by atoms with Crippen LogP contribution >= 0.6 is 0 Å². The van der Waals surface area contributed by atoms with Gasteiger partial charge >= 0.3 is 11.9 Å². The molecule has 0 aliphatic carbocycles. The number of hydrogen-bond acceptors (Lipinski definition) is 4. The van der Waals surface area contributed by atoms with Crippen LogP contribution < -0.4 is 21.9 Å². The number of aryl methyl sites for hydroxylation is 1. The minimum absolute atomic E-state index is 0. The van der Waals surface area contributed by atoms with E-state index in [1.807, 2.05) is 30.3 Å². The third-order valence-electron chi connectivity index (χ3n) is 4.12. The van der Waals surface area contributed by atoms with Crippen molar-refractivity contribution >= 4 is 11.9 Å². The van der Waals surface area contributed by atoms with Gasteiger partial charge in [0.15, 0.2) is 5.92 Å². The zero-order valence-corrected chi connectivity index (χ0v) is 17.0. The lowest BCUT2D eigenvalue weighted by atomic mass is 9.99. The van der Waals surface area contributed by atoms with Crippen LogP contribution in [-0.2, 0) is 25.5 Å². The van der Waals surface area contributed by atoms with Crippen LogP contribution in [0.4, 0.5) is 0 Å². The maximum absolute atomic E-state index is 12.3. The average molecular weight is 416 g/mol. The Morgan fingerprint density at radius 1 is 1.00 bits per heavy atom. The number of ether oxygens (including phenoxy) is 2. The van der Waals surface area contributed by atoms with Gasteiger partial charge in [0.05, 0.1) is 19.7 Å².